The highest BCUT2D eigenvalue weighted by molar-refractivity contribution is 6.24. The molecule has 122 valence electrons. The van der Waals surface area contributed by atoms with E-state index in [0.29, 0.717) is 0 Å². The molecule has 4 aromatic rings. The van der Waals surface area contributed by atoms with E-state index in [9.17, 15) is 0 Å². The zero-order chi connectivity index (χ0) is 16.4. The summed E-state index contributed by atoms with van der Waals surface area (Å²) in [6, 6.07) is 20.5. The van der Waals surface area contributed by atoms with Crippen LogP contribution in [-0.2, 0) is 0 Å². The standard InChI is InChI=1S/C24H21N/c1-4-17-7-8-19-9-11-20(21-12-10-18(5-1)23(17)24(19)21)22-13-6-16-3-2-14-25(22)15-16/h1,4-5,7-13,16H,2-3,6,14-15H2/t16-/m1/s1. The zero-order valence-electron chi connectivity index (χ0n) is 14.3. The molecule has 2 heterocycles. The van der Waals surface area contributed by atoms with Gasteiger partial charge in [-0.15, -0.1) is 0 Å². The van der Waals surface area contributed by atoms with Gasteiger partial charge in [-0.1, -0.05) is 60.7 Å². The zero-order valence-corrected chi connectivity index (χ0v) is 14.3. The van der Waals surface area contributed by atoms with Gasteiger partial charge in [0.05, 0.1) is 0 Å². The van der Waals surface area contributed by atoms with E-state index in [2.05, 4.69) is 65.6 Å². The average molecular weight is 323 g/mol. The molecule has 0 saturated carbocycles. The third-order valence-electron chi connectivity index (χ3n) is 6.31. The van der Waals surface area contributed by atoms with Crippen LogP contribution < -0.4 is 0 Å². The highest BCUT2D eigenvalue weighted by atomic mass is 15.1. The highest BCUT2D eigenvalue weighted by Crippen LogP contribution is 2.40. The fourth-order valence-corrected chi connectivity index (χ4v) is 5.12. The molecule has 1 fully saturated rings. The van der Waals surface area contributed by atoms with Crippen LogP contribution in [0.1, 0.15) is 24.8 Å². The summed E-state index contributed by atoms with van der Waals surface area (Å²) in [5.74, 6) is 0.872. The van der Waals surface area contributed by atoms with E-state index >= 15 is 0 Å². The number of rotatable bonds is 1. The van der Waals surface area contributed by atoms with E-state index in [1.807, 2.05) is 0 Å². The van der Waals surface area contributed by atoms with Gasteiger partial charge in [0, 0.05) is 24.4 Å². The summed E-state index contributed by atoms with van der Waals surface area (Å²) < 4.78 is 0. The lowest BCUT2D eigenvalue weighted by Gasteiger charge is -2.40. The van der Waals surface area contributed by atoms with E-state index in [0.717, 1.165) is 5.92 Å². The van der Waals surface area contributed by atoms with Crippen LogP contribution in [0.15, 0.2) is 60.7 Å². The SMILES string of the molecule is C1=C(c2ccc3ccc4cccc5ccc2c3c45)N2CCC[C@H](C1)C2. The molecule has 0 aromatic heterocycles. The Kier molecular flexibility index (Phi) is 2.73. The molecule has 0 unspecified atom stereocenters. The topological polar surface area (TPSA) is 3.24 Å². The minimum atomic E-state index is 0.872. The maximum Gasteiger partial charge on any atom is 0.0405 e. The first-order valence-electron chi connectivity index (χ1n) is 9.50. The molecule has 1 nitrogen and oxygen atoms in total. The number of fused-ring (bicyclic) bond motifs is 2. The van der Waals surface area contributed by atoms with Crippen LogP contribution >= 0.6 is 0 Å². The molecule has 1 saturated heterocycles. The van der Waals surface area contributed by atoms with Gasteiger partial charge in [0.15, 0.2) is 0 Å². The summed E-state index contributed by atoms with van der Waals surface area (Å²) >= 11 is 0. The fourth-order valence-electron chi connectivity index (χ4n) is 5.12. The first kappa shape index (κ1) is 13.7. The minimum absolute atomic E-state index is 0.872. The summed E-state index contributed by atoms with van der Waals surface area (Å²) in [6.45, 7) is 2.46. The van der Waals surface area contributed by atoms with Crippen molar-refractivity contribution in [1.29, 1.82) is 0 Å². The average Bonchev–Trinajstić information content (AvgIpc) is 2.67. The number of piperidine rings is 1. The second-order valence-electron chi connectivity index (χ2n) is 7.75. The quantitative estimate of drug-likeness (QED) is 0.386. The summed E-state index contributed by atoms with van der Waals surface area (Å²) in [6.07, 6.45) is 6.49. The molecule has 1 atom stereocenters. The molecular formula is C24H21N. The molecular weight excluding hydrogens is 302 g/mol. The number of allylic oxidation sites excluding steroid dienone is 1. The van der Waals surface area contributed by atoms with Gasteiger partial charge in [0.25, 0.3) is 0 Å². The van der Waals surface area contributed by atoms with E-state index in [4.69, 9.17) is 0 Å². The van der Waals surface area contributed by atoms with Crippen molar-refractivity contribution in [3.05, 3.63) is 66.2 Å². The molecule has 0 amide bonds. The van der Waals surface area contributed by atoms with Crippen LogP contribution in [0.25, 0.3) is 38.0 Å². The Morgan fingerprint density at radius 3 is 2.44 bits per heavy atom. The monoisotopic (exact) mass is 323 g/mol. The number of benzene rings is 4. The number of nitrogens with zero attached hydrogens (tertiary/aromatic N) is 1. The molecule has 4 aromatic carbocycles. The molecule has 25 heavy (non-hydrogen) atoms. The molecule has 0 radical (unpaired) electrons. The van der Waals surface area contributed by atoms with Crippen molar-refractivity contribution in [3.63, 3.8) is 0 Å². The minimum Gasteiger partial charge on any atom is -0.371 e. The van der Waals surface area contributed by atoms with Crippen molar-refractivity contribution in [1.82, 2.24) is 4.90 Å². The molecule has 1 heteroatoms. The first-order chi connectivity index (χ1) is 12.4. The van der Waals surface area contributed by atoms with Gasteiger partial charge in [-0.25, -0.2) is 0 Å². The van der Waals surface area contributed by atoms with Gasteiger partial charge in [-0.2, -0.15) is 0 Å². The van der Waals surface area contributed by atoms with Gasteiger partial charge in [-0.05, 0) is 57.5 Å². The van der Waals surface area contributed by atoms with Crippen LogP contribution in [-0.4, -0.2) is 18.0 Å². The molecule has 6 rings (SSSR count). The van der Waals surface area contributed by atoms with Gasteiger partial charge >= 0.3 is 0 Å². The Labute approximate surface area is 147 Å². The summed E-state index contributed by atoms with van der Waals surface area (Å²) in [5.41, 5.74) is 2.89. The van der Waals surface area contributed by atoms with Gasteiger partial charge < -0.3 is 4.90 Å². The Morgan fingerprint density at radius 1 is 0.800 bits per heavy atom. The fraction of sp³-hybridized carbons (Fsp3) is 0.250. The largest absolute Gasteiger partial charge is 0.371 e. The van der Waals surface area contributed by atoms with Crippen molar-refractivity contribution in [2.24, 2.45) is 5.92 Å². The van der Waals surface area contributed by atoms with E-state index in [1.165, 1.54) is 75.9 Å². The van der Waals surface area contributed by atoms with E-state index in [1.54, 1.807) is 0 Å². The van der Waals surface area contributed by atoms with Crippen molar-refractivity contribution in [2.75, 3.05) is 13.1 Å². The molecule has 0 spiro atoms. The predicted molar refractivity (Wildman–Crippen MR) is 107 cm³/mol. The van der Waals surface area contributed by atoms with Gasteiger partial charge in [0.2, 0.25) is 0 Å². The van der Waals surface area contributed by atoms with Crippen molar-refractivity contribution < 1.29 is 0 Å². The lowest BCUT2D eigenvalue weighted by molar-refractivity contribution is 0.234. The molecule has 2 aliphatic heterocycles. The van der Waals surface area contributed by atoms with Crippen molar-refractivity contribution >= 4 is 38.0 Å². The Bertz CT molecular complexity index is 1120. The summed E-state index contributed by atoms with van der Waals surface area (Å²) in [5, 5.41) is 8.33. The Morgan fingerprint density at radius 2 is 1.56 bits per heavy atom. The molecule has 0 aliphatic carbocycles. The Hall–Kier alpha value is -2.54. The first-order valence-corrected chi connectivity index (χ1v) is 9.50. The maximum atomic E-state index is 2.63. The van der Waals surface area contributed by atoms with Crippen LogP contribution in [0, 0.1) is 5.92 Å². The molecule has 0 N–H and O–H groups in total. The van der Waals surface area contributed by atoms with Crippen molar-refractivity contribution in [2.45, 2.75) is 19.3 Å². The maximum absolute atomic E-state index is 2.63. The Balaban J connectivity index is 1.68. The second kappa shape index (κ2) is 4.98. The molecule has 2 aliphatic rings. The normalized spacial score (nSPS) is 20.6. The van der Waals surface area contributed by atoms with Crippen LogP contribution in [0.5, 0.6) is 0 Å². The third kappa shape index (κ3) is 1.90. The second-order valence-corrected chi connectivity index (χ2v) is 7.75. The number of hydrogen-bond donors (Lipinski definition) is 0. The van der Waals surface area contributed by atoms with Crippen LogP contribution in [0.2, 0.25) is 0 Å². The highest BCUT2D eigenvalue weighted by Gasteiger charge is 2.26. The predicted octanol–water partition coefficient (Wildman–Crippen LogP) is 6.04. The van der Waals surface area contributed by atoms with E-state index in [-0.39, 0.29) is 0 Å². The van der Waals surface area contributed by atoms with Crippen LogP contribution in [0.3, 0.4) is 0 Å². The van der Waals surface area contributed by atoms with Gasteiger partial charge in [-0.3, -0.25) is 0 Å². The lowest BCUT2D eigenvalue weighted by Crippen LogP contribution is -2.36. The van der Waals surface area contributed by atoms with Crippen molar-refractivity contribution in [3.8, 4) is 0 Å². The summed E-state index contributed by atoms with van der Waals surface area (Å²) in [7, 11) is 0. The van der Waals surface area contributed by atoms with Gasteiger partial charge in [0.1, 0.15) is 0 Å². The van der Waals surface area contributed by atoms with E-state index < -0.39 is 0 Å². The smallest absolute Gasteiger partial charge is 0.0405 e. The van der Waals surface area contributed by atoms with Crippen LogP contribution in [0.4, 0.5) is 0 Å². The molecule has 2 bridgehead atoms. The third-order valence-corrected chi connectivity index (χ3v) is 6.31. The lowest BCUT2D eigenvalue weighted by atomic mass is 9.86. The number of hydrogen-bond acceptors (Lipinski definition) is 1. The summed E-state index contributed by atoms with van der Waals surface area (Å²) in [4.78, 5) is 2.63.